The van der Waals surface area contributed by atoms with Gasteiger partial charge >= 0.3 is 18.3 Å². The fourth-order valence-corrected chi connectivity index (χ4v) is 4.95. The summed E-state index contributed by atoms with van der Waals surface area (Å²) < 4.78 is 35.8. The number of aliphatic hydroxyl groups is 1. The molecule has 0 unspecified atom stereocenters. The molecule has 2 aromatic carbocycles. The zero-order valence-electron chi connectivity index (χ0n) is 23.4. The van der Waals surface area contributed by atoms with Gasteiger partial charge in [0.15, 0.2) is 6.67 Å². The van der Waals surface area contributed by atoms with E-state index in [0.717, 1.165) is 11.8 Å². The maximum absolute atomic E-state index is 15.2. The fraction of sp³-hybridized carbons (Fsp3) is 0.393. The number of β-amino-alcohol motifs (C(OH)–C–C–N with tert-alkyl or cyclic N) is 1. The van der Waals surface area contributed by atoms with E-state index < -0.39 is 23.3 Å². The van der Waals surface area contributed by atoms with Crippen molar-refractivity contribution >= 4 is 24.0 Å². The van der Waals surface area contributed by atoms with E-state index in [2.05, 4.69) is 21.8 Å². The highest BCUT2D eigenvalue weighted by Crippen LogP contribution is 2.35. The minimum absolute atomic E-state index is 0.0847. The van der Waals surface area contributed by atoms with Crippen molar-refractivity contribution in [2.75, 3.05) is 37.9 Å². The van der Waals surface area contributed by atoms with Gasteiger partial charge in [-0.1, -0.05) is 30.0 Å². The topological polar surface area (TPSA) is 120 Å². The van der Waals surface area contributed by atoms with E-state index in [9.17, 15) is 19.1 Å². The van der Waals surface area contributed by atoms with Crippen LogP contribution in [0.3, 0.4) is 0 Å². The Morgan fingerprint density at radius 2 is 1.86 bits per heavy atom. The molecule has 0 spiro atoms. The van der Waals surface area contributed by atoms with Crippen LogP contribution >= 0.6 is 0 Å². The number of aromatic nitrogens is 3. The lowest BCUT2D eigenvalue weighted by atomic mass is 9.85. The third-order valence-corrected chi connectivity index (χ3v) is 7.36. The molecule has 0 aliphatic carbocycles. The number of hydrogen-bond donors (Lipinski definition) is 1. The summed E-state index contributed by atoms with van der Waals surface area (Å²) in [6.07, 6.45) is 5.97. The molecule has 220 valence electrons. The molecule has 2 aliphatic rings. The molecule has 3 heterocycles. The average molecular weight is 582 g/mol. The van der Waals surface area contributed by atoms with Crippen LogP contribution in [0.2, 0.25) is 0 Å². The van der Waals surface area contributed by atoms with E-state index in [1.807, 2.05) is 0 Å². The predicted octanol–water partition coefficient (Wildman–Crippen LogP) is 2.62. The second kappa shape index (κ2) is 11.7. The zero-order chi connectivity index (χ0) is 30.0. The zero-order valence-corrected chi connectivity index (χ0v) is 23.4. The van der Waals surface area contributed by atoms with Gasteiger partial charge in [0.05, 0.1) is 36.6 Å². The summed E-state index contributed by atoms with van der Waals surface area (Å²) in [7, 11) is 0. The molecule has 1 fully saturated rings. The number of halogens is 2. The van der Waals surface area contributed by atoms with Crippen molar-refractivity contribution < 1.29 is 28.2 Å². The summed E-state index contributed by atoms with van der Waals surface area (Å²) in [6, 6.07) is 8.77. The minimum Gasteiger partial charge on any atom is -0.440 e. The molecule has 42 heavy (non-hydrogen) atoms. The molecule has 12 nitrogen and oxygen atoms in total. The van der Waals surface area contributed by atoms with Crippen LogP contribution in [0.5, 0.6) is 0 Å². The molecule has 0 radical (unpaired) electrons. The van der Waals surface area contributed by atoms with E-state index >= 15 is 4.39 Å². The summed E-state index contributed by atoms with van der Waals surface area (Å²) in [5, 5.41) is 25.4. The van der Waals surface area contributed by atoms with E-state index in [1.54, 1.807) is 67.0 Å². The number of carbonyl (C=O) groups excluding carboxylic acids is 2. The van der Waals surface area contributed by atoms with Crippen LogP contribution in [-0.2, 0) is 15.1 Å². The minimum atomic E-state index is -2.00. The Hall–Kier alpha value is -4.68. The maximum atomic E-state index is 15.2. The number of anilines is 1. The van der Waals surface area contributed by atoms with Gasteiger partial charge in [0.2, 0.25) is 6.73 Å². The molecular formula is C28H31F2N8O4+. The highest BCUT2D eigenvalue weighted by molar-refractivity contribution is 5.94. The largest absolute Gasteiger partial charge is 0.547 e. The van der Waals surface area contributed by atoms with Crippen LogP contribution in [0.25, 0.3) is 5.69 Å². The van der Waals surface area contributed by atoms with Crippen molar-refractivity contribution in [3.8, 4) is 5.69 Å². The summed E-state index contributed by atoms with van der Waals surface area (Å²) in [6.45, 7) is 5.35. The SMILES string of the molecule is CC(C)C(=O)OCN1[C+]=NN(C[C@@](O)(c2ccc(F)cc2F)[C@@H](C)N2CCN(c3ccc(-n4ccnn4)cc3)C2=O)C1. The van der Waals surface area contributed by atoms with Gasteiger partial charge in [0.25, 0.3) is 0 Å². The number of urea groups is 1. The molecule has 14 heteroatoms. The molecule has 1 aromatic heterocycles. The lowest BCUT2D eigenvalue weighted by molar-refractivity contribution is -0.151. The van der Waals surface area contributed by atoms with E-state index in [1.165, 1.54) is 20.9 Å². The normalized spacial score (nSPS) is 17.2. The lowest BCUT2D eigenvalue weighted by Crippen LogP contribution is -2.55. The molecule has 0 bridgehead atoms. The quantitative estimate of drug-likeness (QED) is 0.287. The van der Waals surface area contributed by atoms with Gasteiger partial charge in [0, 0.05) is 30.4 Å². The molecule has 3 aromatic rings. The number of amides is 2. The standard InChI is InChI=1S/C28H31F2N8O4/c1-19(2)26(39)42-18-34-16-32-35(17-34)15-28(41,24-9-4-21(29)14-25(24)30)20(3)36-12-13-37(27(36)40)22-5-7-23(8-6-22)38-11-10-31-33-38/h4-11,14,19-20,41H,12-13,15,17-18H2,1-3H3/q+1/t20-,28+/m1/s1. The van der Waals surface area contributed by atoms with Crippen molar-refractivity contribution in [1.82, 2.24) is 29.8 Å². The summed E-state index contributed by atoms with van der Waals surface area (Å²) in [4.78, 5) is 30.0. The Labute approximate surface area is 241 Å². The third-order valence-electron chi connectivity index (χ3n) is 7.36. The maximum Gasteiger partial charge on any atom is 0.547 e. The van der Waals surface area contributed by atoms with E-state index in [4.69, 9.17) is 4.74 Å². The van der Waals surface area contributed by atoms with Gasteiger partial charge in [-0.2, -0.15) is 0 Å². The first kappa shape index (κ1) is 28.8. The second-order valence-electron chi connectivity index (χ2n) is 10.5. The third kappa shape index (κ3) is 5.71. The predicted molar refractivity (Wildman–Crippen MR) is 147 cm³/mol. The van der Waals surface area contributed by atoms with Gasteiger partial charge in [-0.05, 0) is 37.3 Å². The van der Waals surface area contributed by atoms with Gasteiger partial charge < -0.3 is 14.7 Å². The second-order valence-corrected chi connectivity index (χ2v) is 10.5. The number of carbonyl (C=O) groups is 2. The van der Waals surface area contributed by atoms with Crippen LogP contribution in [-0.4, -0.2) is 92.3 Å². The summed E-state index contributed by atoms with van der Waals surface area (Å²) in [5.41, 5.74) is -0.777. The Kier molecular flexibility index (Phi) is 8.01. The first-order chi connectivity index (χ1) is 20.1. The number of esters is 1. The van der Waals surface area contributed by atoms with Crippen molar-refractivity contribution in [3.63, 3.8) is 0 Å². The monoisotopic (exact) mass is 581 g/mol. The molecule has 1 N–H and O–H groups in total. The molecule has 0 saturated carbocycles. The van der Waals surface area contributed by atoms with Crippen LogP contribution < -0.4 is 4.90 Å². The molecular weight excluding hydrogens is 550 g/mol. The Morgan fingerprint density at radius 3 is 2.52 bits per heavy atom. The van der Waals surface area contributed by atoms with Gasteiger partial charge in [-0.3, -0.25) is 9.69 Å². The Balaban J connectivity index is 1.34. The first-order valence-corrected chi connectivity index (χ1v) is 13.4. The number of rotatable bonds is 10. The molecule has 2 aliphatic heterocycles. The molecule has 2 atom stereocenters. The van der Waals surface area contributed by atoms with Crippen LogP contribution in [0.15, 0.2) is 60.0 Å². The van der Waals surface area contributed by atoms with Crippen LogP contribution in [0, 0.1) is 17.6 Å². The van der Waals surface area contributed by atoms with Crippen molar-refractivity contribution in [2.24, 2.45) is 11.0 Å². The number of nitrogens with zero attached hydrogens (tertiary/aromatic N) is 8. The van der Waals surface area contributed by atoms with E-state index in [-0.39, 0.29) is 50.0 Å². The van der Waals surface area contributed by atoms with Gasteiger partial charge in [-0.15, -0.1) is 5.10 Å². The van der Waals surface area contributed by atoms with Crippen LogP contribution in [0.1, 0.15) is 26.3 Å². The van der Waals surface area contributed by atoms with Gasteiger partial charge in [-0.25, -0.2) is 23.3 Å². The molecule has 5 rings (SSSR count). The highest BCUT2D eigenvalue weighted by Gasteiger charge is 2.48. The molecule has 2 amide bonds. The first-order valence-electron chi connectivity index (χ1n) is 13.4. The number of hydrazone groups is 1. The fourth-order valence-electron chi connectivity index (χ4n) is 4.95. The number of hydrogen-bond acceptors (Lipinski definition) is 9. The molecule has 1 saturated heterocycles. The number of ether oxygens (including phenoxy) is 1. The average Bonchev–Trinajstić information content (AvgIpc) is 3.73. The Morgan fingerprint density at radius 1 is 1.12 bits per heavy atom. The van der Waals surface area contributed by atoms with Crippen molar-refractivity contribution in [2.45, 2.75) is 32.4 Å². The summed E-state index contributed by atoms with van der Waals surface area (Å²) in [5.74, 6) is -2.45. The summed E-state index contributed by atoms with van der Waals surface area (Å²) >= 11 is 0. The van der Waals surface area contributed by atoms with Crippen molar-refractivity contribution in [1.29, 1.82) is 0 Å². The Bertz CT molecular complexity index is 1450. The number of benzene rings is 2. The van der Waals surface area contributed by atoms with E-state index in [0.29, 0.717) is 18.3 Å². The van der Waals surface area contributed by atoms with Gasteiger partial charge in [0.1, 0.15) is 22.3 Å². The van der Waals surface area contributed by atoms with Crippen molar-refractivity contribution in [3.05, 3.63) is 72.1 Å². The lowest BCUT2D eigenvalue weighted by Gasteiger charge is -2.40. The highest BCUT2D eigenvalue weighted by atomic mass is 19.1. The smallest absolute Gasteiger partial charge is 0.440 e. The van der Waals surface area contributed by atoms with Crippen LogP contribution in [0.4, 0.5) is 19.3 Å².